The van der Waals surface area contributed by atoms with Gasteiger partial charge < -0.3 is 9.80 Å². The Morgan fingerprint density at radius 2 is 0.968 bits per heavy atom. The van der Waals surface area contributed by atoms with Crippen LogP contribution in [0, 0.1) is 20.8 Å². The van der Waals surface area contributed by atoms with Gasteiger partial charge in [0.25, 0.3) is 6.71 Å². The molecule has 0 amide bonds. The van der Waals surface area contributed by atoms with Crippen LogP contribution in [-0.4, -0.2) is 6.71 Å². The fourth-order valence-corrected chi connectivity index (χ4v) is 13.7. The summed E-state index contributed by atoms with van der Waals surface area (Å²) in [6, 6.07) is 47.8. The molecule has 2 aliphatic heterocycles. The van der Waals surface area contributed by atoms with Crippen molar-refractivity contribution in [3.8, 4) is 0 Å². The van der Waals surface area contributed by atoms with Crippen LogP contribution >= 0.6 is 11.3 Å². The van der Waals surface area contributed by atoms with Gasteiger partial charge in [0.2, 0.25) is 0 Å². The third-order valence-electron chi connectivity index (χ3n) is 16.2. The van der Waals surface area contributed by atoms with Gasteiger partial charge in [0.1, 0.15) is 0 Å². The number of benzene rings is 7. The van der Waals surface area contributed by atoms with E-state index in [2.05, 4.69) is 207 Å². The highest BCUT2D eigenvalue weighted by molar-refractivity contribution is 7.26. The molecule has 312 valence electrons. The first kappa shape index (κ1) is 39.0. The number of anilines is 6. The van der Waals surface area contributed by atoms with Crippen molar-refractivity contribution >= 4 is 88.7 Å². The minimum atomic E-state index is -0.188. The molecule has 0 bridgehead atoms. The SMILES string of the molecule is Cc1cc2c3c(c1)N(c1ccccc1C)c1cc4c(cc1B3c1cc3c(cc1N2c1cc2c(cc1C)C(C)(C)CCC2(C)C)C(C)(C)c1ccccc1C3(C)C)sc1ccccc14. The molecule has 2 nitrogen and oxygen atoms in total. The lowest BCUT2D eigenvalue weighted by molar-refractivity contribution is 0.332. The van der Waals surface area contributed by atoms with E-state index < -0.39 is 0 Å². The van der Waals surface area contributed by atoms with Crippen LogP contribution in [0.5, 0.6) is 0 Å². The Morgan fingerprint density at radius 1 is 0.429 bits per heavy atom. The van der Waals surface area contributed by atoms with E-state index in [4.69, 9.17) is 0 Å². The molecule has 0 unspecified atom stereocenters. The van der Waals surface area contributed by atoms with Gasteiger partial charge in [-0.15, -0.1) is 11.3 Å². The van der Waals surface area contributed by atoms with E-state index in [1.807, 2.05) is 11.3 Å². The molecule has 4 aliphatic rings. The lowest BCUT2D eigenvalue weighted by Gasteiger charge is -2.49. The van der Waals surface area contributed by atoms with Gasteiger partial charge in [-0.1, -0.05) is 128 Å². The number of thiophene rings is 1. The third kappa shape index (κ3) is 5.25. The molecule has 0 N–H and O–H groups in total. The largest absolute Gasteiger partial charge is 0.311 e. The van der Waals surface area contributed by atoms with Crippen LogP contribution < -0.4 is 26.2 Å². The molecule has 3 heterocycles. The molecule has 0 saturated heterocycles. The van der Waals surface area contributed by atoms with Crippen molar-refractivity contribution < 1.29 is 0 Å². The van der Waals surface area contributed by atoms with Crippen molar-refractivity contribution in [2.24, 2.45) is 0 Å². The van der Waals surface area contributed by atoms with Crippen LogP contribution in [0.1, 0.15) is 118 Å². The topological polar surface area (TPSA) is 6.48 Å². The minimum absolute atomic E-state index is 0.0291. The Kier molecular flexibility index (Phi) is 7.93. The molecule has 7 aromatic carbocycles. The zero-order valence-electron chi connectivity index (χ0n) is 38.8. The van der Waals surface area contributed by atoms with E-state index in [1.54, 1.807) is 0 Å². The molecular formula is C59H57BN2S. The average molecular weight is 837 g/mol. The maximum absolute atomic E-state index is 2.72. The summed E-state index contributed by atoms with van der Waals surface area (Å²) >= 11 is 1.93. The first-order valence-electron chi connectivity index (χ1n) is 23.2. The number of para-hydroxylation sites is 1. The van der Waals surface area contributed by atoms with E-state index in [0.29, 0.717) is 0 Å². The molecule has 63 heavy (non-hydrogen) atoms. The highest BCUT2D eigenvalue weighted by Gasteiger charge is 2.49. The van der Waals surface area contributed by atoms with E-state index >= 15 is 0 Å². The van der Waals surface area contributed by atoms with Gasteiger partial charge in [0.15, 0.2) is 0 Å². The molecule has 0 radical (unpaired) electrons. The average Bonchev–Trinajstić information content (AvgIpc) is 3.61. The third-order valence-corrected chi connectivity index (χ3v) is 17.4. The summed E-state index contributed by atoms with van der Waals surface area (Å²) in [7, 11) is 0. The first-order chi connectivity index (χ1) is 30.0. The fourth-order valence-electron chi connectivity index (χ4n) is 12.6. The molecule has 0 atom stereocenters. The van der Waals surface area contributed by atoms with Crippen molar-refractivity contribution in [2.75, 3.05) is 9.80 Å². The monoisotopic (exact) mass is 836 g/mol. The van der Waals surface area contributed by atoms with Crippen LogP contribution in [-0.2, 0) is 21.7 Å². The standard InChI is InChI=1S/C59H57BN2S/c1-34-26-51-55-52(27-34)62(48-31-42-41(28-36(48)3)56(4,5)24-25-57(42,6)7)50-32-44-43(58(8,9)39-20-14-15-21-40(39)59(44,10)11)30-45(50)60(55)46-33-54-38(37-19-13-17-23-53(37)63-54)29-49(46)61(51)47-22-16-12-18-35(47)2/h12-23,26-33H,24-25H2,1-11H3. The summed E-state index contributed by atoms with van der Waals surface area (Å²) in [5.74, 6) is 0. The number of hydrogen-bond donors (Lipinski definition) is 0. The predicted octanol–water partition coefficient (Wildman–Crippen LogP) is 14.4. The first-order valence-corrected chi connectivity index (χ1v) is 24.0. The number of aryl methyl sites for hydroxylation is 3. The van der Waals surface area contributed by atoms with Gasteiger partial charge in [0, 0.05) is 65.1 Å². The molecule has 0 spiro atoms. The number of nitrogens with zero attached hydrogens (tertiary/aromatic N) is 2. The van der Waals surface area contributed by atoms with Crippen molar-refractivity contribution in [1.29, 1.82) is 0 Å². The Balaban J connectivity index is 1.24. The number of hydrogen-bond acceptors (Lipinski definition) is 3. The fraction of sp³-hybridized carbons (Fsp3) is 0.288. The highest BCUT2D eigenvalue weighted by atomic mass is 32.1. The van der Waals surface area contributed by atoms with Crippen LogP contribution in [0.4, 0.5) is 34.1 Å². The normalized spacial score (nSPS) is 18.0. The van der Waals surface area contributed by atoms with Gasteiger partial charge in [0.05, 0.1) is 0 Å². The molecule has 8 aromatic rings. The van der Waals surface area contributed by atoms with Crippen molar-refractivity contribution in [1.82, 2.24) is 0 Å². The molecular weight excluding hydrogens is 780 g/mol. The van der Waals surface area contributed by atoms with Gasteiger partial charge in [-0.2, -0.15) is 0 Å². The van der Waals surface area contributed by atoms with E-state index in [0.717, 1.165) is 0 Å². The van der Waals surface area contributed by atoms with Crippen molar-refractivity contribution in [2.45, 2.75) is 111 Å². The molecule has 0 fully saturated rings. The van der Waals surface area contributed by atoms with Crippen LogP contribution in [0.15, 0.2) is 121 Å². The number of fused-ring (bicyclic) bond motifs is 10. The van der Waals surface area contributed by atoms with Gasteiger partial charge in [-0.3, -0.25) is 0 Å². The highest BCUT2D eigenvalue weighted by Crippen LogP contribution is 2.55. The lowest BCUT2D eigenvalue weighted by Crippen LogP contribution is -2.62. The maximum atomic E-state index is 2.72. The summed E-state index contributed by atoms with van der Waals surface area (Å²) < 4.78 is 2.69. The molecule has 2 aliphatic carbocycles. The van der Waals surface area contributed by atoms with Crippen molar-refractivity contribution in [3.05, 3.63) is 171 Å². The second kappa shape index (κ2) is 12.8. The summed E-state index contributed by atoms with van der Waals surface area (Å²) in [4.78, 5) is 5.34. The van der Waals surface area contributed by atoms with Crippen molar-refractivity contribution in [3.63, 3.8) is 0 Å². The smallest absolute Gasteiger partial charge is 0.252 e. The quantitative estimate of drug-likeness (QED) is 0.160. The molecule has 4 heteroatoms. The van der Waals surface area contributed by atoms with E-state index in [9.17, 15) is 0 Å². The van der Waals surface area contributed by atoms with Crippen LogP contribution in [0.3, 0.4) is 0 Å². The predicted molar refractivity (Wildman–Crippen MR) is 274 cm³/mol. The van der Waals surface area contributed by atoms with Gasteiger partial charge in [-0.25, -0.2) is 0 Å². The Morgan fingerprint density at radius 3 is 1.65 bits per heavy atom. The summed E-state index contributed by atoms with van der Waals surface area (Å²) in [6.45, 7) is 26.7. The molecule has 1 aromatic heterocycles. The summed E-state index contributed by atoms with van der Waals surface area (Å²) in [6.07, 6.45) is 2.38. The summed E-state index contributed by atoms with van der Waals surface area (Å²) in [5, 5.41) is 2.67. The maximum Gasteiger partial charge on any atom is 0.252 e. The van der Waals surface area contributed by atoms with Crippen LogP contribution in [0.25, 0.3) is 20.2 Å². The van der Waals surface area contributed by atoms with Gasteiger partial charge in [-0.05, 0) is 159 Å². The Labute approximate surface area is 378 Å². The second-order valence-electron chi connectivity index (χ2n) is 21.8. The zero-order valence-corrected chi connectivity index (χ0v) is 39.7. The zero-order chi connectivity index (χ0) is 43.7. The Hall–Kier alpha value is -5.58. The Bertz CT molecular complexity index is 3300. The lowest BCUT2D eigenvalue weighted by atomic mass is 9.33. The van der Waals surface area contributed by atoms with Gasteiger partial charge >= 0.3 is 0 Å². The number of rotatable bonds is 2. The van der Waals surface area contributed by atoms with Crippen LogP contribution in [0.2, 0.25) is 0 Å². The molecule has 0 saturated carbocycles. The second-order valence-corrected chi connectivity index (χ2v) is 22.9. The van der Waals surface area contributed by atoms with E-state index in [1.165, 1.54) is 134 Å². The van der Waals surface area contributed by atoms with E-state index in [-0.39, 0.29) is 28.4 Å². The minimum Gasteiger partial charge on any atom is -0.311 e. The summed E-state index contributed by atoms with van der Waals surface area (Å²) in [5.41, 5.74) is 24.3. The molecule has 12 rings (SSSR count).